The van der Waals surface area contributed by atoms with Crippen molar-refractivity contribution in [3.8, 4) is 11.4 Å². The number of hydrogen-bond acceptors (Lipinski definition) is 4. The molecule has 0 fully saturated rings. The number of fused-ring (bicyclic) bond motifs is 1. The normalized spacial score (nSPS) is 11.2. The largest absolute Gasteiger partial charge is 0.495 e. The van der Waals surface area contributed by atoms with E-state index in [4.69, 9.17) is 9.72 Å². The summed E-state index contributed by atoms with van der Waals surface area (Å²) in [6.45, 7) is 0. The topological polar surface area (TPSA) is 47.4 Å². The Hall–Kier alpha value is -3.86. The van der Waals surface area contributed by atoms with E-state index in [-0.39, 0.29) is 5.56 Å². The Bertz CT molecular complexity index is 1270. The van der Waals surface area contributed by atoms with E-state index in [1.54, 1.807) is 17.7 Å². The maximum absolute atomic E-state index is 13.4. The van der Waals surface area contributed by atoms with E-state index in [1.807, 2.05) is 80.8 Å². The molecule has 0 radical (unpaired) electrons. The monoisotopic (exact) mass is 397 g/mol. The Morgan fingerprint density at radius 3 is 2.33 bits per heavy atom. The minimum absolute atomic E-state index is 0.132. The molecule has 30 heavy (non-hydrogen) atoms. The van der Waals surface area contributed by atoms with Crippen LogP contribution < -0.4 is 15.2 Å². The highest BCUT2D eigenvalue weighted by Gasteiger charge is 2.14. The summed E-state index contributed by atoms with van der Waals surface area (Å²) < 4.78 is 7.11. The highest BCUT2D eigenvalue weighted by Crippen LogP contribution is 2.24. The van der Waals surface area contributed by atoms with E-state index in [2.05, 4.69) is 17.0 Å². The highest BCUT2D eigenvalue weighted by molar-refractivity contribution is 5.80. The fourth-order valence-electron chi connectivity index (χ4n) is 3.36. The van der Waals surface area contributed by atoms with Crippen LogP contribution in [0.3, 0.4) is 0 Å². The van der Waals surface area contributed by atoms with Gasteiger partial charge in [-0.1, -0.05) is 42.5 Å². The molecule has 0 saturated carbocycles. The Kier molecular flexibility index (Phi) is 5.35. The van der Waals surface area contributed by atoms with Crippen LogP contribution in [0.5, 0.6) is 5.75 Å². The summed E-state index contributed by atoms with van der Waals surface area (Å²) in [6, 6.07) is 23.0. The second-order valence-corrected chi connectivity index (χ2v) is 7.12. The Morgan fingerprint density at radius 1 is 0.900 bits per heavy atom. The van der Waals surface area contributed by atoms with Crippen molar-refractivity contribution in [2.24, 2.45) is 0 Å². The molecule has 0 atom stereocenters. The smallest absolute Gasteiger partial charge is 0.266 e. The van der Waals surface area contributed by atoms with Crippen LogP contribution >= 0.6 is 0 Å². The molecule has 5 nitrogen and oxygen atoms in total. The fraction of sp³-hybridized carbons (Fsp3) is 0.120. The number of nitrogens with zero attached hydrogens (tertiary/aromatic N) is 3. The Labute approximate surface area is 175 Å². The lowest BCUT2D eigenvalue weighted by Gasteiger charge is -2.14. The molecular formula is C25H23N3O2. The van der Waals surface area contributed by atoms with Crippen LogP contribution in [0.25, 0.3) is 28.7 Å². The summed E-state index contributed by atoms with van der Waals surface area (Å²) in [5.41, 5.74) is 3.34. The van der Waals surface area contributed by atoms with Gasteiger partial charge in [0.2, 0.25) is 0 Å². The van der Waals surface area contributed by atoms with Crippen molar-refractivity contribution in [1.82, 2.24) is 9.55 Å². The first-order valence-electron chi connectivity index (χ1n) is 9.69. The van der Waals surface area contributed by atoms with Crippen LogP contribution in [0.15, 0.2) is 77.6 Å². The maximum atomic E-state index is 13.4. The van der Waals surface area contributed by atoms with E-state index in [9.17, 15) is 4.79 Å². The van der Waals surface area contributed by atoms with Gasteiger partial charge in [0.05, 0.1) is 23.7 Å². The summed E-state index contributed by atoms with van der Waals surface area (Å²) >= 11 is 0. The van der Waals surface area contributed by atoms with Gasteiger partial charge in [-0.3, -0.25) is 9.36 Å². The number of benzene rings is 3. The lowest BCUT2D eigenvalue weighted by molar-refractivity contribution is 0.412. The minimum atomic E-state index is -0.132. The molecule has 0 bridgehead atoms. The molecule has 0 unspecified atom stereocenters. The minimum Gasteiger partial charge on any atom is -0.495 e. The number of aromatic nitrogens is 2. The summed E-state index contributed by atoms with van der Waals surface area (Å²) in [5, 5.41) is 0.566. The summed E-state index contributed by atoms with van der Waals surface area (Å²) in [6.07, 6.45) is 3.83. The number of para-hydroxylation sites is 3. The lowest BCUT2D eigenvalue weighted by Crippen LogP contribution is -2.22. The van der Waals surface area contributed by atoms with E-state index in [0.29, 0.717) is 28.2 Å². The fourth-order valence-corrected chi connectivity index (χ4v) is 3.36. The predicted molar refractivity (Wildman–Crippen MR) is 124 cm³/mol. The molecule has 0 amide bonds. The second kappa shape index (κ2) is 8.25. The molecular weight excluding hydrogens is 374 g/mol. The zero-order chi connectivity index (χ0) is 21.1. The third kappa shape index (κ3) is 3.70. The first-order valence-corrected chi connectivity index (χ1v) is 9.69. The summed E-state index contributed by atoms with van der Waals surface area (Å²) in [5.74, 6) is 1.15. The number of anilines is 1. The van der Waals surface area contributed by atoms with E-state index < -0.39 is 0 Å². The first-order chi connectivity index (χ1) is 14.6. The number of hydrogen-bond donors (Lipinski definition) is 0. The van der Waals surface area contributed by atoms with Crippen molar-refractivity contribution < 1.29 is 4.74 Å². The molecule has 4 rings (SSSR count). The van der Waals surface area contributed by atoms with Gasteiger partial charge < -0.3 is 9.64 Å². The average Bonchev–Trinajstić information content (AvgIpc) is 2.78. The molecule has 0 aliphatic rings. The van der Waals surface area contributed by atoms with Gasteiger partial charge in [0, 0.05) is 19.8 Å². The zero-order valence-corrected chi connectivity index (χ0v) is 17.2. The van der Waals surface area contributed by atoms with Crippen LogP contribution in [0.2, 0.25) is 0 Å². The highest BCUT2D eigenvalue weighted by atomic mass is 16.5. The molecule has 150 valence electrons. The van der Waals surface area contributed by atoms with Crippen molar-refractivity contribution in [1.29, 1.82) is 0 Å². The molecule has 1 aromatic heterocycles. The summed E-state index contributed by atoms with van der Waals surface area (Å²) in [7, 11) is 5.62. The number of methoxy groups -OCH3 is 1. The zero-order valence-electron chi connectivity index (χ0n) is 17.2. The van der Waals surface area contributed by atoms with Crippen LogP contribution in [-0.4, -0.2) is 30.8 Å². The molecule has 4 aromatic rings. The molecule has 5 heteroatoms. The maximum Gasteiger partial charge on any atom is 0.266 e. The molecule has 0 saturated heterocycles. The van der Waals surface area contributed by atoms with Gasteiger partial charge >= 0.3 is 0 Å². The third-order valence-electron chi connectivity index (χ3n) is 4.96. The van der Waals surface area contributed by atoms with Crippen LogP contribution in [0.1, 0.15) is 11.4 Å². The van der Waals surface area contributed by atoms with Crippen LogP contribution in [-0.2, 0) is 0 Å². The average molecular weight is 397 g/mol. The Balaban J connectivity index is 1.89. The van der Waals surface area contributed by atoms with Gasteiger partial charge in [0.1, 0.15) is 11.6 Å². The number of rotatable bonds is 5. The predicted octanol–water partition coefficient (Wildman–Crippen LogP) is 4.63. The van der Waals surface area contributed by atoms with Gasteiger partial charge in [-0.25, -0.2) is 4.98 Å². The van der Waals surface area contributed by atoms with Crippen molar-refractivity contribution in [2.75, 3.05) is 26.1 Å². The van der Waals surface area contributed by atoms with Gasteiger partial charge in [-0.15, -0.1) is 0 Å². The third-order valence-corrected chi connectivity index (χ3v) is 4.96. The standard InChI is InChI=1S/C25H23N3O2/c1-27(2)19-15-12-18(13-16-19)14-17-24-26-21-9-5-4-8-20(21)25(29)28(24)22-10-6-7-11-23(22)30-3/h4-17H,1-3H3. The second-order valence-electron chi connectivity index (χ2n) is 7.12. The van der Waals surface area contributed by atoms with Crippen LogP contribution in [0, 0.1) is 0 Å². The van der Waals surface area contributed by atoms with Gasteiger partial charge in [0.25, 0.3) is 5.56 Å². The van der Waals surface area contributed by atoms with Crippen LogP contribution in [0.4, 0.5) is 5.69 Å². The molecule has 0 N–H and O–H groups in total. The quantitative estimate of drug-likeness (QED) is 0.493. The van der Waals surface area contributed by atoms with Crippen molar-refractivity contribution in [3.63, 3.8) is 0 Å². The first kappa shape index (κ1) is 19.5. The SMILES string of the molecule is COc1ccccc1-n1c(C=Cc2ccc(N(C)C)cc2)nc2ccccc2c1=O. The van der Waals surface area contributed by atoms with E-state index >= 15 is 0 Å². The Morgan fingerprint density at radius 2 is 1.60 bits per heavy atom. The molecule has 0 spiro atoms. The molecule has 0 aliphatic carbocycles. The lowest BCUT2D eigenvalue weighted by atomic mass is 10.1. The summed E-state index contributed by atoms with van der Waals surface area (Å²) in [4.78, 5) is 20.2. The van der Waals surface area contributed by atoms with Crippen molar-refractivity contribution in [3.05, 3.63) is 94.5 Å². The molecule has 1 heterocycles. The van der Waals surface area contributed by atoms with E-state index in [1.165, 1.54) is 0 Å². The van der Waals surface area contributed by atoms with E-state index in [0.717, 1.165) is 11.3 Å². The molecule has 0 aliphatic heterocycles. The molecule has 3 aromatic carbocycles. The van der Waals surface area contributed by atoms with Crippen molar-refractivity contribution >= 4 is 28.7 Å². The van der Waals surface area contributed by atoms with Gasteiger partial charge in [-0.2, -0.15) is 0 Å². The van der Waals surface area contributed by atoms with Gasteiger partial charge in [0.15, 0.2) is 0 Å². The van der Waals surface area contributed by atoms with Crippen molar-refractivity contribution in [2.45, 2.75) is 0 Å². The number of ether oxygens (including phenoxy) is 1. The van der Waals surface area contributed by atoms with Gasteiger partial charge in [-0.05, 0) is 48.0 Å².